The molecule has 0 amide bonds. The molecule has 2 atom stereocenters. The van der Waals surface area contributed by atoms with E-state index < -0.39 is 0 Å². The minimum Gasteiger partial charge on any atom is -0.338 e. The lowest BCUT2D eigenvalue weighted by atomic mass is 9.97. The fraction of sp³-hybridized carbons (Fsp3) is 0.304. The van der Waals surface area contributed by atoms with E-state index in [9.17, 15) is 9.18 Å². The molecule has 2 unspecified atom stereocenters. The largest absolute Gasteiger partial charge is 0.338 e. The number of rotatable bonds is 4. The number of benzene rings is 2. The third-order valence-corrected chi connectivity index (χ3v) is 6.13. The van der Waals surface area contributed by atoms with Crippen LogP contribution in [0.1, 0.15) is 31.7 Å². The highest BCUT2D eigenvalue weighted by molar-refractivity contribution is 5.92. The molecule has 0 spiro atoms. The molecule has 4 aromatic rings. The predicted octanol–water partition coefficient (Wildman–Crippen LogP) is 3.72. The maximum absolute atomic E-state index is 13.3. The van der Waals surface area contributed by atoms with Gasteiger partial charge in [0.2, 0.25) is 5.95 Å². The monoisotopic (exact) mass is 418 g/mol. The van der Waals surface area contributed by atoms with Crippen molar-refractivity contribution in [3.05, 3.63) is 70.3 Å². The summed E-state index contributed by atoms with van der Waals surface area (Å²) in [5, 5.41) is 17.2. The van der Waals surface area contributed by atoms with Gasteiger partial charge in [-0.05, 0) is 44.0 Å². The van der Waals surface area contributed by atoms with Gasteiger partial charge in [0.25, 0.3) is 5.56 Å². The number of fused-ring (bicyclic) bond motifs is 1. The summed E-state index contributed by atoms with van der Waals surface area (Å²) in [4.78, 5) is 14.4. The molecule has 7 nitrogen and oxygen atoms in total. The van der Waals surface area contributed by atoms with E-state index in [4.69, 9.17) is 0 Å². The van der Waals surface area contributed by atoms with Crippen LogP contribution in [0.2, 0.25) is 0 Å². The summed E-state index contributed by atoms with van der Waals surface area (Å²) in [6, 6.07) is 14.4. The molecular formula is C23H23FN6O. The lowest BCUT2D eigenvalue weighted by Crippen LogP contribution is -2.29. The SMILES string of the molecule is CCn1c(-c2n[nH]c(=O)c3ccccc23)nnc1N1CC(c2ccc(F)cc2)CC1C. The van der Waals surface area contributed by atoms with Crippen molar-refractivity contribution in [2.45, 2.75) is 38.8 Å². The van der Waals surface area contributed by atoms with Crippen LogP contribution in [0.5, 0.6) is 0 Å². The van der Waals surface area contributed by atoms with E-state index in [2.05, 4.69) is 32.2 Å². The fourth-order valence-electron chi connectivity index (χ4n) is 4.54. The number of halogens is 1. The number of anilines is 1. The number of nitrogens with zero attached hydrogens (tertiary/aromatic N) is 5. The number of aromatic nitrogens is 5. The van der Waals surface area contributed by atoms with E-state index in [0.29, 0.717) is 29.4 Å². The second-order valence-corrected chi connectivity index (χ2v) is 8.00. The Hall–Kier alpha value is -3.55. The first-order valence-corrected chi connectivity index (χ1v) is 10.5. The Kier molecular flexibility index (Phi) is 4.77. The van der Waals surface area contributed by atoms with Crippen LogP contribution >= 0.6 is 0 Å². The molecule has 5 rings (SSSR count). The molecule has 2 aromatic heterocycles. The zero-order valence-electron chi connectivity index (χ0n) is 17.4. The third-order valence-electron chi connectivity index (χ3n) is 6.13. The summed E-state index contributed by atoms with van der Waals surface area (Å²) in [6.45, 7) is 5.66. The topological polar surface area (TPSA) is 79.7 Å². The van der Waals surface area contributed by atoms with Crippen molar-refractivity contribution in [1.29, 1.82) is 0 Å². The van der Waals surface area contributed by atoms with Crippen molar-refractivity contribution in [2.24, 2.45) is 0 Å². The molecule has 8 heteroatoms. The van der Waals surface area contributed by atoms with E-state index in [1.165, 1.54) is 12.1 Å². The lowest BCUT2D eigenvalue weighted by molar-refractivity contribution is 0.625. The summed E-state index contributed by atoms with van der Waals surface area (Å²) in [5.74, 6) is 1.49. The van der Waals surface area contributed by atoms with E-state index in [0.717, 1.165) is 29.9 Å². The number of nitrogens with one attached hydrogen (secondary N) is 1. The Labute approximate surface area is 178 Å². The van der Waals surface area contributed by atoms with Gasteiger partial charge < -0.3 is 4.90 Å². The van der Waals surface area contributed by atoms with E-state index in [1.807, 2.05) is 41.8 Å². The highest BCUT2D eigenvalue weighted by atomic mass is 19.1. The maximum Gasteiger partial charge on any atom is 0.272 e. The van der Waals surface area contributed by atoms with Gasteiger partial charge in [-0.2, -0.15) is 5.10 Å². The highest BCUT2D eigenvalue weighted by Gasteiger charge is 2.34. The Morgan fingerprint density at radius 2 is 1.84 bits per heavy atom. The van der Waals surface area contributed by atoms with Crippen LogP contribution in [0.15, 0.2) is 53.3 Å². The first kappa shape index (κ1) is 19.4. The standard InChI is InChI=1S/C23H23FN6O/c1-3-29-21(20-18-6-4-5-7-19(18)22(31)27-25-20)26-28-23(29)30-13-16(12-14(30)2)15-8-10-17(24)11-9-15/h4-11,14,16H,3,12-13H2,1-2H3,(H,27,31). The maximum atomic E-state index is 13.3. The van der Waals surface area contributed by atoms with Gasteiger partial charge in [0.05, 0.1) is 5.39 Å². The Balaban J connectivity index is 1.54. The van der Waals surface area contributed by atoms with Gasteiger partial charge in [-0.15, -0.1) is 10.2 Å². The minimum absolute atomic E-state index is 0.220. The van der Waals surface area contributed by atoms with Crippen molar-refractivity contribution in [3.8, 4) is 11.5 Å². The average molecular weight is 418 g/mol. The predicted molar refractivity (Wildman–Crippen MR) is 118 cm³/mol. The Bertz CT molecular complexity index is 1300. The van der Waals surface area contributed by atoms with Crippen molar-refractivity contribution in [2.75, 3.05) is 11.4 Å². The number of hydrogen-bond acceptors (Lipinski definition) is 5. The quantitative estimate of drug-likeness (QED) is 0.546. The van der Waals surface area contributed by atoms with Crippen molar-refractivity contribution in [1.82, 2.24) is 25.0 Å². The molecule has 1 saturated heterocycles. The number of aromatic amines is 1. The molecular weight excluding hydrogens is 395 g/mol. The van der Waals surface area contributed by atoms with Gasteiger partial charge in [-0.3, -0.25) is 9.36 Å². The van der Waals surface area contributed by atoms with E-state index in [1.54, 1.807) is 6.07 Å². The first-order valence-electron chi connectivity index (χ1n) is 10.5. The summed E-state index contributed by atoms with van der Waals surface area (Å²) >= 11 is 0. The highest BCUT2D eigenvalue weighted by Crippen LogP contribution is 2.36. The molecule has 0 aliphatic carbocycles. The van der Waals surface area contributed by atoms with Crippen LogP contribution in [0.3, 0.4) is 0 Å². The summed E-state index contributed by atoms with van der Waals surface area (Å²) < 4.78 is 15.4. The molecule has 0 bridgehead atoms. The van der Waals surface area contributed by atoms with Crippen molar-refractivity contribution >= 4 is 16.7 Å². The normalized spacial score (nSPS) is 18.7. The number of hydrogen-bond donors (Lipinski definition) is 1. The Morgan fingerprint density at radius 3 is 2.58 bits per heavy atom. The molecule has 1 aliphatic rings. The minimum atomic E-state index is -0.225. The molecule has 1 N–H and O–H groups in total. The first-order chi connectivity index (χ1) is 15.1. The van der Waals surface area contributed by atoms with Crippen molar-refractivity contribution < 1.29 is 4.39 Å². The van der Waals surface area contributed by atoms with Crippen LogP contribution in [0.25, 0.3) is 22.3 Å². The van der Waals surface area contributed by atoms with E-state index in [-0.39, 0.29) is 17.4 Å². The van der Waals surface area contributed by atoms with Crippen LogP contribution in [0.4, 0.5) is 10.3 Å². The van der Waals surface area contributed by atoms with Crippen molar-refractivity contribution in [3.63, 3.8) is 0 Å². The summed E-state index contributed by atoms with van der Waals surface area (Å²) in [6.07, 6.45) is 0.956. The Morgan fingerprint density at radius 1 is 1.10 bits per heavy atom. The molecule has 1 fully saturated rings. The van der Waals surface area contributed by atoms with Gasteiger partial charge in [0.1, 0.15) is 11.5 Å². The van der Waals surface area contributed by atoms with Gasteiger partial charge in [0, 0.05) is 30.4 Å². The molecule has 0 radical (unpaired) electrons. The van der Waals surface area contributed by atoms with Gasteiger partial charge in [0.15, 0.2) is 5.82 Å². The summed E-state index contributed by atoms with van der Waals surface area (Å²) in [5.41, 5.74) is 1.52. The molecule has 31 heavy (non-hydrogen) atoms. The van der Waals surface area contributed by atoms with Gasteiger partial charge in [-0.1, -0.05) is 30.3 Å². The molecule has 158 valence electrons. The summed E-state index contributed by atoms with van der Waals surface area (Å²) in [7, 11) is 0. The lowest BCUT2D eigenvalue weighted by Gasteiger charge is -2.23. The molecule has 1 aliphatic heterocycles. The average Bonchev–Trinajstić information content (AvgIpc) is 3.38. The van der Waals surface area contributed by atoms with Crippen LogP contribution < -0.4 is 10.5 Å². The zero-order valence-corrected chi connectivity index (χ0v) is 17.4. The van der Waals surface area contributed by atoms with Gasteiger partial charge >= 0.3 is 0 Å². The second-order valence-electron chi connectivity index (χ2n) is 8.00. The third kappa shape index (κ3) is 3.28. The second kappa shape index (κ2) is 7.61. The molecule has 2 aromatic carbocycles. The fourth-order valence-corrected chi connectivity index (χ4v) is 4.54. The van der Waals surface area contributed by atoms with Crippen LogP contribution in [-0.4, -0.2) is 37.5 Å². The van der Waals surface area contributed by atoms with E-state index >= 15 is 0 Å². The van der Waals surface area contributed by atoms with Crippen LogP contribution in [0, 0.1) is 5.82 Å². The zero-order chi connectivity index (χ0) is 21.5. The smallest absolute Gasteiger partial charge is 0.272 e. The van der Waals surface area contributed by atoms with Crippen LogP contribution in [-0.2, 0) is 6.54 Å². The number of H-pyrrole nitrogens is 1. The molecule has 0 saturated carbocycles. The van der Waals surface area contributed by atoms with Gasteiger partial charge in [-0.25, -0.2) is 9.49 Å². The molecule has 3 heterocycles.